The Bertz CT molecular complexity index is 170. The molecule has 1 N–H and O–H groups in total. The SMILES string of the molecule is CN(CC1CC(F)CN1)C1CCC1. The molecule has 2 aliphatic rings. The Morgan fingerprint density at radius 3 is 2.69 bits per heavy atom. The first-order valence-corrected chi connectivity index (χ1v) is 5.33. The van der Waals surface area contributed by atoms with Gasteiger partial charge in [-0.2, -0.15) is 0 Å². The molecule has 2 fully saturated rings. The Morgan fingerprint density at radius 1 is 1.46 bits per heavy atom. The molecule has 13 heavy (non-hydrogen) atoms. The topological polar surface area (TPSA) is 15.3 Å². The highest BCUT2D eigenvalue weighted by molar-refractivity contribution is 4.86. The predicted molar refractivity (Wildman–Crippen MR) is 51.6 cm³/mol. The van der Waals surface area contributed by atoms with Gasteiger partial charge < -0.3 is 10.2 Å². The summed E-state index contributed by atoms with van der Waals surface area (Å²) in [6.45, 7) is 1.58. The van der Waals surface area contributed by atoms with Crippen molar-refractivity contribution in [1.82, 2.24) is 10.2 Å². The maximum Gasteiger partial charge on any atom is 0.114 e. The Hall–Kier alpha value is -0.150. The predicted octanol–water partition coefficient (Wildman–Crippen LogP) is 1.17. The van der Waals surface area contributed by atoms with Gasteiger partial charge in [0.2, 0.25) is 0 Å². The number of alkyl halides is 1. The molecule has 3 heteroatoms. The quantitative estimate of drug-likeness (QED) is 0.712. The fourth-order valence-electron chi connectivity index (χ4n) is 2.23. The molecule has 2 rings (SSSR count). The molecule has 0 spiro atoms. The number of hydrogen-bond acceptors (Lipinski definition) is 2. The second-order valence-electron chi connectivity index (χ2n) is 4.46. The van der Waals surface area contributed by atoms with E-state index in [-0.39, 0.29) is 0 Å². The zero-order valence-corrected chi connectivity index (χ0v) is 8.30. The highest BCUT2D eigenvalue weighted by Crippen LogP contribution is 2.24. The minimum absolute atomic E-state index is 0.389. The highest BCUT2D eigenvalue weighted by atomic mass is 19.1. The highest BCUT2D eigenvalue weighted by Gasteiger charge is 2.28. The molecule has 2 nitrogen and oxygen atoms in total. The molecule has 1 saturated heterocycles. The molecule has 1 saturated carbocycles. The molecule has 0 aromatic heterocycles. The van der Waals surface area contributed by atoms with Crippen LogP contribution in [0.25, 0.3) is 0 Å². The van der Waals surface area contributed by atoms with E-state index in [1.807, 2.05) is 0 Å². The minimum atomic E-state index is -0.611. The van der Waals surface area contributed by atoms with Crippen LogP contribution in [0.4, 0.5) is 4.39 Å². The third-order valence-corrected chi connectivity index (χ3v) is 3.37. The van der Waals surface area contributed by atoms with E-state index in [4.69, 9.17) is 0 Å². The summed E-state index contributed by atoms with van der Waals surface area (Å²) in [7, 11) is 2.16. The summed E-state index contributed by atoms with van der Waals surface area (Å²) in [5, 5.41) is 3.22. The smallest absolute Gasteiger partial charge is 0.114 e. The zero-order valence-electron chi connectivity index (χ0n) is 8.30. The lowest BCUT2D eigenvalue weighted by Gasteiger charge is -2.36. The maximum atomic E-state index is 12.8. The van der Waals surface area contributed by atoms with Crippen LogP contribution in [0.1, 0.15) is 25.7 Å². The van der Waals surface area contributed by atoms with Crippen LogP contribution < -0.4 is 5.32 Å². The van der Waals surface area contributed by atoms with Crippen molar-refractivity contribution >= 4 is 0 Å². The summed E-state index contributed by atoms with van der Waals surface area (Å²) in [6.07, 6.45) is 4.14. The normalized spacial score (nSPS) is 35.3. The van der Waals surface area contributed by atoms with E-state index in [0.29, 0.717) is 19.0 Å². The number of rotatable bonds is 3. The van der Waals surface area contributed by atoms with Crippen molar-refractivity contribution in [3.8, 4) is 0 Å². The molecular weight excluding hydrogens is 167 g/mol. The van der Waals surface area contributed by atoms with E-state index in [1.54, 1.807) is 0 Å². The lowest BCUT2D eigenvalue weighted by Crippen LogP contribution is -2.43. The maximum absolute atomic E-state index is 12.8. The van der Waals surface area contributed by atoms with Gasteiger partial charge in [-0.15, -0.1) is 0 Å². The summed E-state index contributed by atoms with van der Waals surface area (Å²) in [5.74, 6) is 0. The van der Waals surface area contributed by atoms with Crippen LogP contribution in [0.5, 0.6) is 0 Å². The van der Waals surface area contributed by atoms with Gasteiger partial charge >= 0.3 is 0 Å². The molecule has 1 aliphatic carbocycles. The van der Waals surface area contributed by atoms with Gasteiger partial charge in [0.15, 0.2) is 0 Å². The fraction of sp³-hybridized carbons (Fsp3) is 1.00. The minimum Gasteiger partial charge on any atom is -0.310 e. The molecule has 1 heterocycles. The first-order valence-electron chi connectivity index (χ1n) is 5.33. The first kappa shape index (κ1) is 9.41. The average Bonchev–Trinajstić information content (AvgIpc) is 2.31. The van der Waals surface area contributed by atoms with Crippen LogP contribution >= 0.6 is 0 Å². The lowest BCUT2D eigenvalue weighted by atomic mass is 9.91. The molecule has 2 unspecified atom stereocenters. The molecule has 0 aromatic carbocycles. The summed E-state index contributed by atoms with van der Waals surface area (Å²) < 4.78 is 12.8. The van der Waals surface area contributed by atoms with E-state index < -0.39 is 6.17 Å². The Morgan fingerprint density at radius 2 is 2.23 bits per heavy atom. The van der Waals surface area contributed by atoms with E-state index >= 15 is 0 Å². The molecule has 0 aromatic rings. The van der Waals surface area contributed by atoms with Crippen LogP contribution in [0.15, 0.2) is 0 Å². The third kappa shape index (κ3) is 2.20. The van der Waals surface area contributed by atoms with Crippen molar-refractivity contribution in [1.29, 1.82) is 0 Å². The summed E-state index contributed by atoms with van der Waals surface area (Å²) in [4.78, 5) is 2.39. The van der Waals surface area contributed by atoms with Crippen LogP contribution in [0, 0.1) is 0 Å². The van der Waals surface area contributed by atoms with Gasteiger partial charge in [0, 0.05) is 25.2 Å². The Kier molecular flexibility index (Phi) is 2.84. The number of nitrogens with one attached hydrogen (secondary N) is 1. The summed E-state index contributed by atoms with van der Waals surface area (Å²) in [5.41, 5.74) is 0. The summed E-state index contributed by atoms with van der Waals surface area (Å²) in [6, 6.07) is 1.17. The van der Waals surface area contributed by atoms with Gasteiger partial charge in [0.25, 0.3) is 0 Å². The molecule has 0 bridgehead atoms. The molecule has 0 radical (unpaired) electrons. The van der Waals surface area contributed by atoms with Crippen molar-refractivity contribution in [2.75, 3.05) is 20.1 Å². The lowest BCUT2D eigenvalue weighted by molar-refractivity contribution is 0.147. The fourth-order valence-corrected chi connectivity index (χ4v) is 2.23. The molecule has 76 valence electrons. The monoisotopic (exact) mass is 186 g/mol. The van der Waals surface area contributed by atoms with Crippen LogP contribution in [0.2, 0.25) is 0 Å². The van der Waals surface area contributed by atoms with E-state index in [9.17, 15) is 4.39 Å². The van der Waals surface area contributed by atoms with Crippen LogP contribution in [-0.2, 0) is 0 Å². The number of halogens is 1. The Labute approximate surface area is 79.5 Å². The van der Waals surface area contributed by atoms with E-state index in [0.717, 1.165) is 12.6 Å². The largest absolute Gasteiger partial charge is 0.310 e. The van der Waals surface area contributed by atoms with E-state index in [2.05, 4.69) is 17.3 Å². The van der Waals surface area contributed by atoms with Crippen molar-refractivity contribution in [2.24, 2.45) is 0 Å². The molecule has 1 aliphatic heterocycles. The number of nitrogens with zero attached hydrogens (tertiary/aromatic N) is 1. The third-order valence-electron chi connectivity index (χ3n) is 3.37. The number of hydrogen-bond donors (Lipinski definition) is 1. The van der Waals surface area contributed by atoms with Gasteiger partial charge in [-0.05, 0) is 26.3 Å². The van der Waals surface area contributed by atoms with Crippen LogP contribution in [0.3, 0.4) is 0 Å². The van der Waals surface area contributed by atoms with Crippen LogP contribution in [-0.4, -0.2) is 43.3 Å². The Balaban J connectivity index is 1.71. The van der Waals surface area contributed by atoms with E-state index in [1.165, 1.54) is 19.3 Å². The number of likely N-dealkylation sites (N-methyl/N-ethyl adjacent to an activating group) is 1. The summed E-state index contributed by atoms with van der Waals surface area (Å²) >= 11 is 0. The van der Waals surface area contributed by atoms with Crippen molar-refractivity contribution in [3.05, 3.63) is 0 Å². The zero-order chi connectivity index (χ0) is 9.26. The second-order valence-corrected chi connectivity index (χ2v) is 4.46. The van der Waals surface area contributed by atoms with Crippen molar-refractivity contribution in [2.45, 2.75) is 43.9 Å². The second kappa shape index (κ2) is 3.93. The van der Waals surface area contributed by atoms with Gasteiger partial charge in [0.1, 0.15) is 6.17 Å². The molecular formula is C10H19FN2. The average molecular weight is 186 g/mol. The van der Waals surface area contributed by atoms with Gasteiger partial charge in [-0.25, -0.2) is 4.39 Å². The first-order chi connectivity index (χ1) is 6.25. The van der Waals surface area contributed by atoms with Crippen molar-refractivity contribution < 1.29 is 4.39 Å². The molecule has 2 atom stereocenters. The van der Waals surface area contributed by atoms with Gasteiger partial charge in [-0.3, -0.25) is 0 Å². The molecule has 0 amide bonds. The van der Waals surface area contributed by atoms with Crippen molar-refractivity contribution in [3.63, 3.8) is 0 Å². The van der Waals surface area contributed by atoms with Gasteiger partial charge in [-0.1, -0.05) is 6.42 Å². The standard InChI is InChI=1S/C10H19FN2/c1-13(10-3-2-4-10)7-9-5-8(11)6-12-9/h8-10,12H,2-7H2,1H3. The van der Waals surface area contributed by atoms with Gasteiger partial charge in [0.05, 0.1) is 0 Å².